The number of aliphatic imine (C=N–C) groups is 1. The largest absolute Gasteiger partial charge is 0.507 e. The second-order valence-corrected chi connectivity index (χ2v) is 13.6. The van der Waals surface area contributed by atoms with E-state index in [9.17, 15) is 10.2 Å². The van der Waals surface area contributed by atoms with Gasteiger partial charge in [0.15, 0.2) is 0 Å². The average Bonchev–Trinajstić information content (AvgIpc) is 2.81. The topological polar surface area (TPSA) is 65.7 Å². The molecule has 3 atom stereocenters. The fourth-order valence-corrected chi connectivity index (χ4v) is 6.17. The standard InChI is InChI=1S/C33H40N2O2/c1-31(2,3)20-15-19(30(37)25(16-20)32(4,5)6)18-34-29-24-17-23(33(24,7)8)21-13-14-26(35-28(21)29)22-11-9-10-12-27(22)36/h9-16,18,23-24,29,36-37H,17H2,1-8H3/t23-,24+,29+/m1/s1. The molecule has 0 aliphatic heterocycles. The van der Waals surface area contributed by atoms with Crippen molar-refractivity contribution in [2.75, 3.05) is 0 Å². The highest BCUT2D eigenvalue weighted by Gasteiger charge is 2.57. The maximum atomic E-state index is 11.3. The highest BCUT2D eigenvalue weighted by molar-refractivity contribution is 5.85. The van der Waals surface area contributed by atoms with Gasteiger partial charge in [-0.25, -0.2) is 0 Å². The molecule has 4 heteroatoms. The summed E-state index contributed by atoms with van der Waals surface area (Å²) in [7, 11) is 0. The monoisotopic (exact) mass is 496 g/mol. The van der Waals surface area contributed by atoms with Gasteiger partial charge in [-0.15, -0.1) is 0 Å². The molecule has 2 N–H and O–H groups in total. The highest BCUT2D eigenvalue weighted by atomic mass is 16.3. The molecule has 3 aromatic rings. The van der Waals surface area contributed by atoms with Crippen LogP contribution in [0.2, 0.25) is 0 Å². The molecule has 3 aliphatic carbocycles. The lowest BCUT2D eigenvalue weighted by Crippen LogP contribution is -2.50. The van der Waals surface area contributed by atoms with Gasteiger partial charge in [0, 0.05) is 22.9 Å². The van der Waals surface area contributed by atoms with Crippen molar-refractivity contribution in [3.63, 3.8) is 0 Å². The van der Waals surface area contributed by atoms with E-state index in [1.165, 1.54) is 11.1 Å². The molecule has 2 aromatic carbocycles. The van der Waals surface area contributed by atoms with Crippen molar-refractivity contribution in [3.8, 4) is 22.8 Å². The zero-order valence-corrected chi connectivity index (χ0v) is 23.4. The molecule has 6 rings (SSSR count). The Labute approximate surface area is 221 Å². The van der Waals surface area contributed by atoms with Crippen LogP contribution in [-0.2, 0) is 10.8 Å². The van der Waals surface area contributed by atoms with Crippen LogP contribution in [0, 0.1) is 11.3 Å². The van der Waals surface area contributed by atoms with Gasteiger partial charge in [0.05, 0.1) is 17.4 Å². The van der Waals surface area contributed by atoms with Crippen molar-refractivity contribution >= 4 is 6.21 Å². The average molecular weight is 497 g/mol. The van der Waals surface area contributed by atoms with Gasteiger partial charge in [-0.1, -0.05) is 79.7 Å². The normalized spacial score (nSPS) is 22.5. The van der Waals surface area contributed by atoms with Crippen LogP contribution >= 0.6 is 0 Å². The van der Waals surface area contributed by atoms with Crippen LogP contribution in [0.15, 0.2) is 53.5 Å². The molecule has 0 unspecified atom stereocenters. The minimum Gasteiger partial charge on any atom is -0.507 e. The van der Waals surface area contributed by atoms with Gasteiger partial charge in [0.25, 0.3) is 0 Å². The SMILES string of the molecule is CC(C)(C)c1cc(C=N[C@@H]2c3nc(-c4ccccc4O)ccc3[C@H]3C[C@@H]2C3(C)C)c(O)c(C(C)(C)C)c1. The number of aromatic hydroxyl groups is 2. The molecule has 1 aromatic heterocycles. The molecular formula is C33H40N2O2. The lowest BCUT2D eigenvalue weighted by molar-refractivity contribution is -0.00505. The third-order valence-electron chi connectivity index (χ3n) is 8.71. The van der Waals surface area contributed by atoms with E-state index in [0.717, 1.165) is 34.5 Å². The van der Waals surface area contributed by atoms with Crippen LogP contribution in [0.5, 0.6) is 11.5 Å². The van der Waals surface area contributed by atoms with Crippen LogP contribution in [-0.4, -0.2) is 21.4 Å². The summed E-state index contributed by atoms with van der Waals surface area (Å²) >= 11 is 0. The number of aromatic nitrogens is 1. The van der Waals surface area contributed by atoms with Gasteiger partial charge < -0.3 is 10.2 Å². The zero-order valence-electron chi connectivity index (χ0n) is 23.4. The zero-order chi connectivity index (χ0) is 26.9. The van der Waals surface area contributed by atoms with Gasteiger partial charge in [-0.05, 0) is 69.9 Å². The molecule has 0 saturated heterocycles. The Hall–Kier alpha value is -3.14. The van der Waals surface area contributed by atoms with E-state index in [4.69, 9.17) is 9.98 Å². The molecule has 1 fully saturated rings. The first-order chi connectivity index (χ1) is 17.2. The van der Waals surface area contributed by atoms with Crippen molar-refractivity contribution in [2.24, 2.45) is 16.3 Å². The van der Waals surface area contributed by atoms with E-state index in [-0.39, 0.29) is 28.0 Å². The molecule has 0 spiro atoms. The molecule has 0 amide bonds. The second-order valence-electron chi connectivity index (χ2n) is 13.6. The van der Waals surface area contributed by atoms with Crippen molar-refractivity contribution < 1.29 is 10.2 Å². The first-order valence-corrected chi connectivity index (χ1v) is 13.4. The summed E-state index contributed by atoms with van der Waals surface area (Å²) in [5.74, 6) is 1.38. The van der Waals surface area contributed by atoms with E-state index in [0.29, 0.717) is 17.6 Å². The van der Waals surface area contributed by atoms with Crippen molar-refractivity contribution in [1.29, 1.82) is 0 Å². The van der Waals surface area contributed by atoms with Crippen molar-refractivity contribution in [2.45, 2.75) is 84.6 Å². The third-order valence-corrected chi connectivity index (χ3v) is 8.71. The molecule has 2 bridgehead atoms. The fraction of sp³-hybridized carbons (Fsp3) is 0.455. The Balaban J connectivity index is 1.62. The minimum atomic E-state index is -0.192. The molecule has 0 radical (unpaired) electrons. The van der Waals surface area contributed by atoms with Gasteiger partial charge in [-0.3, -0.25) is 9.98 Å². The predicted molar refractivity (Wildman–Crippen MR) is 152 cm³/mol. The Bertz CT molecular complexity index is 1390. The quantitative estimate of drug-likeness (QED) is 0.360. The molecule has 4 nitrogen and oxygen atoms in total. The molecule has 37 heavy (non-hydrogen) atoms. The second kappa shape index (κ2) is 8.44. The van der Waals surface area contributed by atoms with Crippen LogP contribution in [0.3, 0.4) is 0 Å². The first kappa shape index (κ1) is 25.5. The van der Waals surface area contributed by atoms with Gasteiger partial charge in [0.1, 0.15) is 11.5 Å². The molecule has 3 aliphatic rings. The number of pyridine rings is 1. The van der Waals surface area contributed by atoms with Gasteiger partial charge in [-0.2, -0.15) is 0 Å². The maximum Gasteiger partial charge on any atom is 0.128 e. The van der Waals surface area contributed by atoms with E-state index < -0.39 is 0 Å². The van der Waals surface area contributed by atoms with Crippen LogP contribution in [0.25, 0.3) is 11.3 Å². The minimum absolute atomic E-state index is 0.0505. The van der Waals surface area contributed by atoms with Crippen LogP contribution in [0.4, 0.5) is 0 Å². The van der Waals surface area contributed by atoms with Crippen molar-refractivity contribution in [3.05, 3.63) is 76.5 Å². The molecule has 1 heterocycles. The Morgan fingerprint density at radius 1 is 0.946 bits per heavy atom. The molecular weight excluding hydrogens is 456 g/mol. The predicted octanol–water partition coefficient (Wildman–Crippen LogP) is 8.06. The smallest absolute Gasteiger partial charge is 0.128 e. The molecule has 194 valence electrons. The third kappa shape index (κ3) is 4.24. The van der Waals surface area contributed by atoms with E-state index in [1.807, 2.05) is 30.5 Å². The number of para-hydroxylation sites is 1. The Morgan fingerprint density at radius 2 is 1.65 bits per heavy atom. The Morgan fingerprint density at radius 3 is 2.27 bits per heavy atom. The number of phenols is 2. The highest BCUT2D eigenvalue weighted by Crippen LogP contribution is 2.66. The van der Waals surface area contributed by atoms with Gasteiger partial charge >= 0.3 is 0 Å². The summed E-state index contributed by atoms with van der Waals surface area (Å²) in [6.45, 7) is 17.7. The Kier molecular flexibility index (Phi) is 5.82. The summed E-state index contributed by atoms with van der Waals surface area (Å²) in [5.41, 5.74) is 6.54. The molecule has 1 saturated carbocycles. The summed E-state index contributed by atoms with van der Waals surface area (Å²) in [6.07, 6.45) is 2.97. The summed E-state index contributed by atoms with van der Waals surface area (Å²) < 4.78 is 0. The number of benzene rings is 2. The van der Waals surface area contributed by atoms with Gasteiger partial charge in [0.2, 0.25) is 0 Å². The number of hydrogen-bond acceptors (Lipinski definition) is 4. The number of rotatable bonds is 3. The number of phenolic OH excluding ortho intramolecular Hbond substituents is 2. The summed E-state index contributed by atoms with van der Waals surface area (Å²) in [4.78, 5) is 10.2. The van der Waals surface area contributed by atoms with E-state index in [2.05, 4.69) is 73.6 Å². The lowest BCUT2D eigenvalue weighted by atomic mass is 9.46. The number of nitrogens with zero attached hydrogens (tertiary/aromatic N) is 2. The fourth-order valence-electron chi connectivity index (χ4n) is 6.17. The van der Waals surface area contributed by atoms with E-state index in [1.54, 1.807) is 6.07 Å². The lowest BCUT2D eigenvalue weighted by Gasteiger charge is -2.59. The van der Waals surface area contributed by atoms with E-state index >= 15 is 0 Å². The number of hydrogen-bond donors (Lipinski definition) is 2. The first-order valence-electron chi connectivity index (χ1n) is 13.4. The maximum absolute atomic E-state index is 11.3. The van der Waals surface area contributed by atoms with Crippen molar-refractivity contribution in [1.82, 2.24) is 4.98 Å². The summed E-state index contributed by atoms with van der Waals surface area (Å²) in [6, 6.07) is 15.7. The van der Waals surface area contributed by atoms with Crippen LogP contribution in [0.1, 0.15) is 102 Å². The van der Waals surface area contributed by atoms with Crippen LogP contribution < -0.4 is 0 Å². The summed E-state index contributed by atoms with van der Waals surface area (Å²) in [5, 5.41) is 21.8.